The van der Waals surface area contributed by atoms with Crippen molar-refractivity contribution < 1.29 is 22.7 Å². The summed E-state index contributed by atoms with van der Waals surface area (Å²) in [4.78, 5) is 12.5. The second-order valence-corrected chi connectivity index (χ2v) is 5.57. The van der Waals surface area contributed by atoms with Crippen molar-refractivity contribution in [1.82, 2.24) is 4.90 Å². The van der Waals surface area contributed by atoms with E-state index in [1.54, 1.807) is 6.07 Å². The van der Waals surface area contributed by atoms with E-state index in [0.717, 1.165) is 45.0 Å². The largest absolute Gasteiger partial charge is 0.464 e. The molecule has 0 saturated carbocycles. The Hall–Kier alpha value is -1.56. The molecular formula is C16H20F3NO2. The molecule has 1 fully saturated rings. The maximum absolute atomic E-state index is 12.6. The Balaban J connectivity index is 1.74. The lowest BCUT2D eigenvalue weighted by molar-refractivity contribution is -0.137. The van der Waals surface area contributed by atoms with Gasteiger partial charge < -0.3 is 9.64 Å². The lowest BCUT2D eigenvalue weighted by Crippen LogP contribution is -2.37. The molecule has 22 heavy (non-hydrogen) atoms. The molecule has 0 aromatic heterocycles. The molecule has 0 amide bonds. The number of benzene rings is 1. The average molecular weight is 315 g/mol. The van der Waals surface area contributed by atoms with Crippen LogP contribution in [0.25, 0.3) is 0 Å². The summed E-state index contributed by atoms with van der Waals surface area (Å²) < 4.78 is 42.8. The molecule has 0 spiro atoms. The predicted molar refractivity (Wildman–Crippen MR) is 76.4 cm³/mol. The van der Waals surface area contributed by atoms with Gasteiger partial charge in [0.25, 0.3) is 6.47 Å². The molecule has 122 valence electrons. The summed E-state index contributed by atoms with van der Waals surface area (Å²) in [5.41, 5.74) is 0.130. The highest BCUT2D eigenvalue weighted by Crippen LogP contribution is 2.29. The van der Waals surface area contributed by atoms with Crippen LogP contribution >= 0.6 is 0 Å². The van der Waals surface area contributed by atoms with Crippen LogP contribution in [-0.2, 0) is 22.1 Å². The minimum atomic E-state index is -4.28. The number of piperidine rings is 1. The molecule has 0 bridgehead atoms. The zero-order valence-electron chi connectivity index (χ0n) is 12.3. The molecule has 0 radical (unpaired) electrons. The van der Waals surface area contributed by atoms with Gasteiger partial charge in [-0.2, -0.15) is 13.2 Å². The molecule has 1 aromatic carbocycles. The molecule has 6 heteroatoms. The average Bonchev–Trinajstić information content (AvgIpc) is 2.49. The lowest BCUT2D eigenvalue weighted by Gasteiger charge is -2.30. The van der Waals surface area contributed by atoms with Crippen LogP contribution < -0.4 is 0 Å². The zero-order valence-corrected chi connectivity index (χ0v) is 12.3. The number of aryl methyl sites for hydroxylation is 1. The first kappa shape index (κ1) is 16.8. The van der Waals surface area contributed by atoms with Crippen molar-refractivity contribution in [2.45, 2.75) is 38.0 Å². The summed E-state index contributed by atoms with van der Waals surface area (Å²) in [6, 6.07) is 5.52. The summed E-state index contributed by atoms with van der Waals surface area (Å²) in [5.74, 6) is 0. The van der Waals surface area contributed by atoms with Gasteiger partial charge in [0.2, 0.25) is 0 Å². The first-order valence-electron chi connectivity index (χ1n) is 7.46. The molecule has 3 nitrogen and oxygen atoms in total. The van der Waals surface area contributed by atoms with E-state index in [2.05, 4.69) is 4.90 Å². The second kappa shape index (κ2) is 7.63. The third-order valence-electron chi connectivity index (χ3n) is 3.98. The highest BCUT2D eigenvalue weighted by molar-refractivity contribution is 5.37. The highest BCUT2D eigenvalue weighted by atomic mass is 19.4. The van der Waals surface area contributed by atoms with Crippen molar-refractivity contribution in [2.75, 3.05) is 19.6 Å². The number of alkyl halides is 3. The molecule has 1 aliphatic rings. The fraction of sp³-hybridized carbons (Fsp3) is 0.562. The van der Waals surface area contributed by atoms with Crippen LogP contribution in [-0.4, -0.2) is 37.1 Å². The minimum absolute atomic E-state index is 0.0113. The van der Waals surface area contributed by atoms with Gasteiger partial charge in [-0.3, -0.25) is 4.79 Å². The van der Waals surface area contributed by atoms with Gasteiger partial charge in [0.05, 0.1) is 5.56 Å². The first-order chi connectivity index (χ1) is 10.5. The molecule has 2 rings (SSSR count). The molecule has 0 N–H and O–H groups in total. The van der Waals surface area contributed by atoms with Crippen molar-refractivity contribution in [1.29, 1.82) is 0 Å². The lowest BCUT2D eigenvalue weighted by atomic mass is 10.0. The van der Waals surface area contributed by atoms with E-state index in [1.165, 1.54) is 12.1 Å². The Morgan fingerprint density at radius 1 is 1.27 bits per heavy atom. The van der Waals surface area contributed by atoms with E-state index >= 15 is 0 Å². The van der Waals surface area contributed by atoms with Gasteiger partial charge in [0.15, 0.2) is 0 Å². The Bertz CT molecular complexity index is 483. The summed E-state index contributed by atoms with van der Waals surface area (Å²) in [7, 11) is 0. The van der Waals surface area contributed by atoms with Crippen molar-refractivity contribution in [3.8, 4) is 0 Å². The van der Waals surface area contributed by atoms with Crippen LogP contribution in [0.5, 0.6) is 0 Å². The van der Waals surface area contributed by atoms with Crippen molar-refractivity contribution in [2.24, 2.45) is 0 Å². The van der Waals surface area contributed by atoms with Crippen LogP contribution in [0.2, 0.25) is 0 Å². The number of ether oxygens (including phenoxy) is 1. The molecule has 0 aliphatic carbocycles. The minimum Gasteiger partial charge on any atom is -0.464 e. The highest BCUT2D eigenvalue weighted by Gasteiger charge is 2.30. The molecule has 1 aliphatic heterocycles. The van der Waals surface area contributed by atoms with E-state index < -0.39 is 11.7 Å². The fourth-order valence-electron chi connectivity index (χ4n) is 2.76. The van der Waals surface area contributed by atoms with Crippen LogP contribution in [0, 0.1) is 0 Å². The quantitative estimate of drug-likeness (QED) is 0.755. The van der Waals surface area contributed by atoms with Gasteiger partial charge in [-0.15, -0.1) is 0 Å². The van der Waals surface area contributed by atoms with Gasteiger partial charge in [-0.1, -0.05) is 18.2 Å². The second-order valence-electron chi connectivity index (χ2n) is 5.57. The van der Waals surface area contributed by atoms with Crippen LogP contribution in [0.4, 0.5) is 13.2 Å². The van der Waals surface area contributed by atoms with Gasteiger partial charge in [-0.25, -0.2) is 0 Å². The molecule has 1 saturated heterocycles. The van der Waals surface area contributed by atoms with Crippen LogP contribution in [0.1, 0.15) is 30.4 Å². The standard InChI is InChI=1S/C16H20F3NO2/c17-16(18,19)14-5-1-3-13(11-14)4-2-8-20-9-6-15(7-10-20)22-12-21/h1,3,5,11-12,15H,2,4,6-10H2. The Morgan fingerprint density at radius 3 is 2.64 bits per heavy atom. The van der Waals surface area contributed by atoms with Crippen LogP contribution in [0.3, 0.4) is 0 Å². The van der Waals surface area contributed by atoms with E-state index in [9.17, 15) is 18.0 Å². The number of carbonyl (C=O) groups is 1. The van der Waals surface area contributed by atoms with Crippen molar-refractivity contribution in [3.05, 3.63) is 35.4 Å². The normalized spacial score (nSPS) is 17.4. The monoisotopic (exact) mass is 315 g/mol. The number of halogens is 3. The van der Waals surface area contributed by atoms with Crippen molar-refractivity contribution >= 4 is 6.47 Å². The number of carbonyl (C=O) groups excluding carboxylic acids is 1. The Morgan fingerprint density at radius 2 is 2.00 bits per heavy atom. The van der Waals surface area contributed by atoms with Crippen molar-refractivity contribution in [3.63, 3.8) is 0 Å². The van der Waals surface area contributed by atoms with Gasteiger partial charge in [-0.05, 0) is 43.9 Å². The number of hydrogen-bond donors (Lipinski definition) is 0. The first-order valence-corrected chi connectivity index (χ1v) is 7.46. The van der Waals surface area contributed by atoms with E-state index in [1.807, 2.05) is 0 Å². The van der Waals surface area contributed by atoms with Crippen LogP contribution in [0.15, 0.2) is 24.3 Å². The van der Waals surface area contributed by atoms with E-state index in [0.29, 0.717) is 18.5 Å². The number of hydrogen-bond acceptors (Lipinski definition) is 3. The molecule has 0 unspecified atom stereocenters. The summed E-state index contributed by atoms with van der Waals surface area (Å²) in [6.07, 6.45) is -1.17. The summed E-state index contributed by atoms with van der Waals surface area (Å²) in [6.45, 7) is 3.07. The molecular weight excluding hydrogens is 295 g/mol. The van der Waals surface area contributed by atoms with Gasteiger partial charge in [0, 0.05) is 13.1 Å². The number of nitrogens with zero attached hydrogens (tertiary/aromatic N) is 1. The fourth-order valence-corrected chi connectivity index (χ4v) is 2.76. The number of likely N-dealkylation sites (tertiary alicyclic amines) is 1. The molecule has 1 aromatic rings. The molecule has 1 heterocycles. The topological polar surface area (TPSA) is 29.5 Å². The Labute approximate surface area is 128 Å². The molecule has 0 atom stereocenters. The van der Waals surface area contributed by atoms with E-state index in [-0.39, 0.29) is 6.10 Å². The zero-order chi connectivity index (χ0) is 16.0. The summed E-state index contributed by atoms with van der Waals surface area (Å²) in [5, 5.41) is 0. The SMILES string of the molecule is O=COC1CCN(CCCc2cccc(C(F)(F)F)c2)CC1. The number of rotatable bonds is 6. The van der Waals surface area contributed by atoms with E-state index in [4.69, 9.17) is 4.74 Å². The third-order valence-corrected chi connectivity index (χ3v) is 3.98. The van der Waals surface area contributed by atoms with Gasteiger partial charge in [0.1, 0.15) is 6.10 Å². The Kier molecular flexibility index (Phi) is 5.83. The van der Waals surface area contributed by atoms with Gasteiger partial charge >= 0.3 is 6.18 Å². The third kappa shape index (κ3) is 5.02. The maximum Gasteiger partial charge on any atom is 0.416 e. The smallest absolute Gasteiger partial charge is 0.416 e. The maximum atomic E-state index is 12.6. The predicted octanol–water partition coefficient (Wildman–Crippen LogP) is 3.28. The summed E-state index contributed by atoms with van der Waals surface area (Å²) >= 11 is 0.